The molecule has 2 aliphatic rings. The number of ketones is 1. The van der Waals surface area contributed by atoms with Crippen molar-refractivity contribution >= 4 is 16.6 Å². The van der Waals surface area contributed by atoms with Gasteiger partial charge in [0.25, 0.3) is 0 Å². The van der Waals surface area contributed by atoms with Crippen molar-refractivity contribution < 1.29 is 17.8 Å². The maximum Gasteiger partial charge on any atom is 0.166 e. The molecule has 2 fully saturated rings. The van der Waals surface area contributed by atoms with Crippen molar-refractivity contribution in [2.45, 2.75) is 42.6 Å². The lowest BCUT2D eigenvalue weighted by Gasteiger charge is -2.37. The van der Waals surface area contributed by atoms with E-state index in [4.69, 9.17) is 0 Å². The first-order chi connectivity index (χ1) is 9.54. The number of carbonyl (C=O) groups is 1. The Morgan fingerprint density at radius 1 is 1.05 bits per heavy atom. The van der Waals surface area contributed by atoms with Crippen LogP contribution in [0.4, 0.5) is 8.78 Å². The Labute approximate surface area is 119 Å². The lowest BCUT2D eigenvalue weighted by atomic mass is 9.84. The molecular weight excluding hydrogens is 282 g/mol. The van der Waals surface area contributed by atoms with Crippen LogP contribution in [0.5, 0.6) is 0 Å². The summed E-state index contributed by atoms with van der Waals surface area (Å²) in [6.45, 7) is 0. The molecule has 0 radical (unpaired) electrons. The Morgan fingerprint density at radius 3 is 2.15 bits per heavy atom. The number of hydrogen-bond donors (Lipinski definition) is 0. The second-order valence-electron chi connectivity index (χ2n) is 5.69. The quantitative estimate of drug-likeness (QED) is 0.786. The first-order valence-corrected chi connectivity index (χ1v) is 8.22. The monoisotopic (exact) mass is 298 g/mol. The van der Waals surface area contributed by atoms with E-state index in [1.54, 1.807) is 0 Å². The van der Waals surface area contributed by atoms with Crippen molar-refractivity contribution in [2.24, 2.45) is 5.92 Å². The third-order valence-electron chi connectivity index (χ3n) is 4.32. The molecule has 0 spiro atoms. The van der Waals surface area contributed by atoms with Gasteiger partial charge in [-0.2, -0.15) is 0 Å². The SMILES string of the molecule is O=C(c1cc(F)cc(F)c1)C1CC2CCCC(C1)S2=O. The van der Waals surface area contributed by atoms with Gasteiger partial charge in [-0.3, -0.25) is 9.00 Å². The summed E-state index contributed by atoms with van der Waals surface area (Å²) in [5.41, 5.74) is 0.0956. The van der Waals surface area contributed by atoms with Gasteiger partial charge in [0.15, 0.2) is 5.78 Å². The summed E-state index contributed by atoms with van der Waals surface area (Å²) >= 11 is 0. The highest BCUT2D eigenvalue weighted by Gasteiger charge is 2.40. The molecule has 0 N–H and O–H groups in total. The summed E-state index contributed by atoms with van der Waals surface area (Å²) in [5, 5.41) is 0.157. The van der Waals surface area contributed by atoms with Gasteiger partial charge in [-0.05, 0) is 37.8 Å². The van der Waals surface area contributed by atoms with E-state index in [1.165, 1.54) is 0 Å². The van der Waals surface area contributed by atoms with Gasteiger partial charge in [0, 0.05) is 38.8 Å². The summed E-state index contributed by atoms with van der Waals surface area (Å²) in [4.78, 5) is 12.4. The van der Waals surface area contributed by atoms with E-state index in [9.17, 15) is 17.8 Å². The third-order valence-corrected chi connectivity index (χ3v) is 6.49. The number of carbonyl (C=O) groups excluding carboxylic acids is 1. The molecule has 1 aromatic rings. The predicted molar refractivity (Wildman–Crippen MR) is 73.0 cm³/mol. The molecule has 108 valence electrons. The van der Waals surface area contributed by atoms with Gasteiger partial charge in [0.05, 0.1) is 0 Å². The number of hydrogen-bond acceptors (Lipinski definition) is 2. The molecule has 0 aliphatic carbocycles. The van der Waals surface area contributed by atoms with Gasteiger partial charge >= 0.3 is 0 Å². The van der Waals surface area contributed by atoms with Gasteiger partial charge in [-0.25, -0.2) is 8.78 Å². The fourth-order valence-corrected chi connectivity index (χ4v) is 5.57. The van der Waals surface area contributed by atoms with Gasteiger partial charge in [-0.1, -0.05) is 6.42 Å². The van der Waals surface area contributed by atoms with E-state index >= 15 is 0 Å². The molecule has 0 saturated carbocycles. The number of rotatable bonds is 2. The van der Waals surface area contributed by atoms with Crippen molar-refractivity contribution in [3.63, 3.8) is 0 Å². The maximum absolute atomic E-state index is 13.2. The van der Waals surface area contributed by atoms with Crippen LogP contribution >= 0.6 is 0 Å². The van der Waals surface area contributed by atoms with Crippen molar-refractivity contribution in [3.05, 3.63) is 35.4 Å². The number of benzene rings is 1. The van der Waals surface area contributed by atoms with Gasteiger partial charge < -0.3 is 0 Å². The average Bonchev–Trinajstić information content (AvgIpc) is 2.36. The van der Waals surface area contributed by atoms with Crippen molar-refractivity contribution in [2.75, 3.05) is 0 Å². The number of Topliss-reactive ketones (excluding diaryl/α,β-unsaturated/α-hetero) is 1. The Kier molecular flexibility index (Phi) is 3.71. The minimum atomic E-state index is -0.839. The van der Waals surface area contributed by atoms with Crippen LogP contribution < -0.4 is 0 Å². The predicted octanol–water partition coefficient (Wildman–Crippen LogP) is 3.23. The Balaban J connectivity index is 1.82. The molecule has 2 heterocycles. The topological polar surface area (TPSA) is 34.1 Å². The van der Waals surface area contributed by atoms with Gasteiger partial charge in [0.2, 0.25) is 0 Å². The molecule has 2 bridgehead atoms. The molecule has 3 rings (SSSR count). The van der Waals surface area contributed by atoms with Crippen LogP contribution in [0.2, 0.25) is 0 Å². The molecule has 2 saturated heterocycles. The van der Waals surface area contributed by atoms with E-state index in [0.717, 1.165) is 37.5 Å². The Bertz CT molecular complexity index is 537. The van der Waals surface area contributed by atoms with Crippen molar-refractivity contribution in [3.8, 4) is 0 Å². The molecule has 2 nitrogen and oxygen atoms in total. The number of halogens is 2. The molecule has 0 aromatic heterocycles. The molecule has 20 heavy (non-hydrogen) atoms. The highest BCUT2D eigenvalue weighted by atomic mass is 32.2. The zero-order valence-electron chi connectivity index (χ0n) is 11.0. The average molecular weight is 298 g/mol. The number of fused-ring (bicyclic) bond motifs is 2. The summed E-state index contributed by atoms with van der Waals surface area (Å²) in [5.74, 6) is -1.91. The van der Waals surface area contributed by atoms with Crippen LogP contribution in [-0.2, 0) is 10.8 Å². The summed E-state index contributed by atoms with van der Waals surface area (Å²) in [7, 11) is -0.839. The van der Waals surface area contributed by atoms with Gasteiger partial charge in [0.1, 0.15) is 11.6 Å². The molecule has 1 aromatic carbocycles. The normalized spacial score (nSPS) is 32.9. The third kappa shape index (κ3) is 2.55. The van der Waals surface area contributed by atoms with Crippen molar-refractivity contribution in [1.29, 1.82) is 0 Å². The molecular formula is C15H16F2O2S. The van der Waals surface area contributed by atoms with Gasteiger partial charge in [-0.15, -0.1) is 0 Å². The summed E-state index contributed by atoms with van der Waals surface area (Å²) < 4.78 is 38.5. The minimum Gasteiger partial charge on any atom is -0.294 e. The lowest BCUT2D eigenvalue weighted by molar-refractivity contribution is 0.0894. The molecule has 0 amide bonds. The standard InChI is InChI=1S/C15H16F2O2S/c16-11-4-9(5-12(17)8-11)15(18)10-6-13-2-1-3-14(7-10)20(13)19/h4-5,8,10,13-14H,1-3,6-7H2. The maximum atomic E-state index is 13.2. The summed E-state index contributed by atoms with van der Waals surface area (Å²) in [6, 6.07) is 2.95. The zero-order valence-corrected chi connectivity index (χ0v) is 11.8. The fourth-order valence-electron chi connectivity index (χ4n) is 3.38. The highest BCUT2D eigenvalue weighted by Crippen LogP contribution is 2.38. The van der Waals surface area contributed by atoms with E-state index < -0.39 is 22.4 Å². The van der Waals surface area contributed by atoms with Crippen LogP contribution in [0.15, 0.2) is 18.2 Å². The highest BCUT2D eigenvalue weighted by molar-refractivity contribution is 7.86. The zero-order chi connectivity index (χ0) is 14.3. The van der Waals surface area contributed by atoms with Crippen molar-refractivity contribution in [1.82, 2.24) is 0 Å². The minimum absolute atomic E-state index is 0.0786. The summed E-state index contributed by atoms with van der Waals surface area (Å²) in [6.07, 6.45) is 4.02. The van der Waals surface area contributed by atoms with Crippen LogP contribution in [0.25, 0.3) is 0 Å². The first-order valence-electron chi connectivity index (χ1n) is 6.94. The van der Waals surface area contributed by atoms with E-state index in [0.29, 0.717) is 12.8 Å². The largest absolute Gasteiger partial charge is 0.294 e. The lowest BCUT2D eigenvalue weighted by Crippen LogP contribution is -2.41. The Morgan fingerprint density at radius 2 is 1.60 bits per heavy atom. The molecule has 2 atom stereocenters. The molecule has 5 heteroatoms. The van der Waals surface area contributed by atoms with E-state index in [-0.39, 0.29) is 27.8 Å². The van der Waals surface area contributed by atoms with E-state index in [2.05, 4.69) is 0 Å². The fraction of sp³-hybridized carbons (Fsp3) is 0.533. The van der Waals surface area contributed by atoms with Crippen LogP contribution in [-0.4, -0.2) is 20.5 Å². The smallest absolute Gasteiger partial charge is 0.166 e. The second kappa shape index (κ2) is 5.35. The molecule has 2 unspecified atom stereocenters. The van der Waals surface area contributed by atoms with Crippen LogP contribution in [0.1, 0.15) is 42.5 Å². The van der Waals surface area contributed by atoms with Crippen LogP contribution in [0, 0.1) is 17.6 Å². The first kappa shape index (κ1) is 13.9. The van der Waals surface area contributed by atoms with Crippen LogP contribution in [0.3, 0.4) is 0 Å². The van der Waals surface area contributed by atoms with E-state index in [1.807, 2.05) is 0 Å². The Hall–Kier alpha value is -1.10. The second-order valence-corrected chi connectivity index (χ2v) is 7.68. The molecule has 2 aliphatic heterocycles.